The minimum absolute atomic E-state index is 0.158. The maximum atomic E-state index is 9.96. The molecule has 0 bridgehead atoms. The molecule has 0 saturated carbocycles. The average Bonchev–Trinajstić information content (AvgIpc) is 2.89. The van der Waals surface area contributed by atoms with Gasteiger partial charge in [0.25, 0.3) is 0 Å². The van der Waals surface area contributed by atoms with Crippen molar-refractivity contribution in [2.75, 3.05) is 32.8 Å². The zero-order valence-corrected chi connectivity index (χ0v) is 19.9. The number of nitrogens with zero attached hydrogens (tertiary/aromatic N) is 1. The van der Waals surface area contributed by atoms with Gasteiger partial charge in [-0.2, -0.15) is 0 Å². The number of likely N-dealkylation sites (tertiary alicyclic amines) is 1. The summed E-state index contributed by atoms with van der Waals surface area (Å²) in [5.41, 5.74) is 3.62. The van der Waals surface area contributed by atoms with Crippen LogP contribution in [0.15, 0.2) is 72.8 Å². The van der Waals surface area contributed by atoms with Crippen molar-refractivity contribution >= 4 is 0 Å². The van der Waals surface area contributed by atoms with Gasteiger partial charge in [0.2, 0.25) is 0 Å². The second-order valence-electron chi connectivity index (χ2n) is 9.55. The van der Waals surface area contributed by atoms with E-state index in [1.165, 1.54) is 56.4 Å². The van der Waals surface area contributed by atoms with E-state index in [0.29, 0.717) is 6.61 Å². The molecule has 0 spiro atoms. The van der Waals surface area contributed by atoms with Gasteiger partial charge in [0.1, 0.15) is 17.2 Å². The molecular weight excluding hydrogens is 422 g/mol. The largest absolute Gasteiger partial charge is 0.508 e. The van der Waals surface area contributed by atoms with Crippen LogP contribution in [0.5, 0.6) is 17.2 Å². The van der Waals surface area contributed by atoms with Gasteiger partial charge in [-0.05, 0) is 74.6 Å². The van der Waals surface area contributed by atoms with Gasteiger partial charge in [0.05, 0.1) is 13.2 Å². The molecule has 3 aromatic rings. The number of unbranched alkanes of at least 4 members (excludes halogenated alkanes) is 1. The molecule has 34 heavy (non-hydrogen) atoms. The van der Waals surface area contributed by atoms with E-state index in [0.717, 1.165) is 30.1 Å². The topological polar surface area (TPSA) is 41.9 Å². The normalized spacial score (nSPS) is 20.4. The Labute approximate surface area is 203 Å². The number of ether oxygens (including phenoxy) is 2. The number of phenolic OH excluding ortho intramolecular Hbond substituents is 1. The van der Waals surface area contributed by atoms with E-state index in [2.05, 4.69) is 53.4 Å². The fourth-order valence-corrected chi connectivity index (χ4v) is 5.38. The lowest BCUT2D eigenvalue weighted by molar-refractivity contribution is 0.216. The number of fused-ring (bicyclic) bond motifs is 1. The number of hydrogen-bond donors (Lipinski definition) is 1. The highest BCUT2D eigenvalue weighted by Crippen LogP contribution is 2.47. The summed E-state index contributed by atoms with van der Waals surface area (Å²) in [4.78, 5) is 2.59. The molecular formula is C30H35NO3. The molecule has 1 fully saturated rings. The van der Waals surface area contributed by atoms with Crippen LogP contribution in [-0.4, -0.2) is 42.9 Å². The molecule has 5 rings (SSSR count). The minimum Gasteiger partial charge on any atom is -0.508 e. The second-order valence-corrected chi connectivity index (χ2v) is 9.55. The summed E-state index contributed by atoms with van der Waals surface area (Å²) < 4.78 is 12.1. The third-order valence-corrected chi connectivity index (χ3v) is 7.21. The third-order valence-electron chi connectivity index (χ3n) is 7.21. The molecule has 0 radical (unpaired) electrons. The third kappa shape index (κ3) is 5.39. The Kier molecular flexibility index (Phi) is 7.35. The van der Waals surface area contributed by atoms with Crippen LogP contribution >= 0.6 is 0 Å². The van der Waals surface area contributed by atoms with Crippen molar-refractivity contribution in [3.05, 3.63) is 89.5 Å². The van der Waals surface area contributed by atoms with Crippen molar-refractivity contribution in [1.29, 1.82) is 0 Å². The van der Waals surface area contributed by atoms with E-state index in [9.17, 15) is 5.11 Å². The first kappa shape index (κ1) is 22.8. The van der Waals surface area contributed by atoms with Crippen LogP contribution in [0.1, 0.15) is 60.6 Å². The average molecular weight is 458 g/mol. The fourth-order valence-electron chi connectivity index (χ4n) is 5.38. The number of hydrogen-bond acceptors (Lipinski definition) is 4. The van der Waals surface area contributed by atoms with Gasteiger partial charge in [-0.15, -0.1) is 0 Å². The summed E-state index contributed by atoms with van der Waals surface area (Å²) in [6.07, 6.45) is 6.39. The molecule has 178 valence electrons. The van der Waals surface area contributed by atoms with Crippen molar-refractivity contribution in [3.8, 4) is 17.2 Å². The lowest BCUT2D eigenvalue weighted by atomic mass is 9.76. The summed E-state index contributed by atoms with van der Waals surface area (Å²) in [6.45, 7) is 5.07. The van der Waals surface area contributed by atoms with E-state index in [4.69, 9.17) is 9.47 Å². The number of piperidine rings is 1. The van der Waals surface area contributed by atoms with Gasteiger partial charge < -0.3 is 19.5 Å². The summed E-state index contributed by atoms with van der Waals surface area (Å²) in [5.74, 6) is 2.30. The second kappa shape index (κ2) is 11.0. The summed E-state index contributed by atoms with van der Waals surface area (Å²) in [6, 6.07) is 24.6. The Morgan fingerprint density at radius 1 is 0.853 bits per heavy atom. The highest BCUT2D eigenvalue weighted by Gasteiger charge is 2.33. The van der Waals surface area contributed by atoms with Crippen molar-refractivity contribution < 1.29 is 14.6 Å². The standard InChI is InChI=1S/C30H35NO3/c32-25-13-16-27-29(21-25)34-22-28(23-9-3-1-4-10-23)30(27)24-11-14-26(15-12-24)33-20-8-7-19-31-17-5-2-6-18-31/h1,3-4,9-16,21,28,30,32H,2,5-8,17-20,22H2/t28-,30-/m0/s1. The lowest BCUT2D eigenvalue weighted by Crippen LogP contribution is -2.30. The fraction of sp³-hybridized carbons (Fsp3) is 0.400. The number of benzene rings is 3. The van der Waals surface area contributed by atoms with Crippen LogP contribution in [0.3, 0.4) is 0 Å². The summed E-state index contributed by atoms with van der Waals surface area (Å²) in [7, 11) is 0. The zero-order valence-electron chi connectivity index (χ0n) is 19.9. The molecule has 4 heteroatoms. The lowest BCUT2D eigenvalue weighted by Gasteiger charge is -2.34. The van der Waals surface area contributed by atoms with Crippen LogP contribution in [0, 0.1) is 0 Å². The van der Waals surface area contributed by atoms with Gasteiger partial charge >= 0.3 is 0 Å². The van der Waals surface area contributed by atoms with Crippen LogP contribution < -0.4 is 9.47 Å². The Hall–Kier alpha value is -2.98. The maximum absolute atomic E-state index is 9.96. The predicted molar refractivity (Wildman–Crippen MR) is 136 cm³/mol. The minimum atomic E-state index is 0.158. The molecule has 2 heterocycles. The summed E-state index contributed by atoms with van der Waals surface area (Å²) in [5, 5.41) is 9.96. The van der Waals surface area contributed by atoms with Gasteiger partial charge in [-0.25, -0.2) is 0 Å². The summed E-state index contributed by atoms with van der Waals surface area (Å²) >= 11 is 0. The molecule has 1 N–H and O–H groups in total. The van der Waals surface area contributed by atoms with Crippen LogP contribution in [-0.2, 0) is 0 Å². The van der Waals surface area contributed by atoms with Crippen molar-refractivity contribution in [3.63, 3.8) is 0 Å². The van der Waals surface area contributed by atoms with Gasteiger partial charge in [-0.1, -0.05) is 55.0 Å². The Balaban J connectivity index is 1.25. The molecule has 0 aromatic heterocycles. The zero-order chi connectivity index (χ0) is 23.2. The van der Waals surface area contributed by atoms with E-state index >= 15 is 0 Å². The maximum Gasteiger partial charge on any atom is 0.126 e. The van der Waals surface area contributed by atoms with Gasteiger partial charge in [0.15, 0.2) is 0 Å². The van der Waals surface area contributed by atoms with E-state index < -0.39 is 0 Å². The molecule has 0 unspecified atom stereocenters. The molecule has 0 aliphatic carbocycles. The highest BCUT2D eigenvalue weighted by atomic mass is 16.5. The predicted octanol–water partition coefficient (Wildman–Crippen LogP) is 6.35. The molecule has 0 amide bonds. The number of phenols is 1. The smallest absolute Gasteiger partial charge is 0.126 e. The first-order chi connectivity index (χ1) is 16.8. The molecule has 4 nitrogen and oxygen atoms in total. The molecule has 2 aliphatic rings. The Morgan fingerprint density at radius 3 is 2.44 bits per heavy atom. The van der Waals surface area contributed by atoms with E-state index in [-0.39, 0.29) is 17.6 Å². The van der Waals surface area contributed by atoms with Crippen molar-refractivity contribution in [2.24, 2.45) is 0 Å². The Morgan fingerprint density at radius 2 is 1.65 bits per heavy atom. The van der Waals surface area contributed by atoms with E-state index in [1.807, 2.05) is 12.1 Å². The van der Waals surface area contributed by atoms with Crippen LogP contribution in [0.4, 0.5) is 0 Å². The number of aromatic hydroxyl groups is 1. The quantitative estimate of drug-likeness (QED) is 0.401. The van der Waals surface area contributed by atoms with Crippen LogP contribution in [0.2, 0.25) is 0 Å². The van der Waals surface area contributed by atoms with Gasteiger partial charge in [0, 0.05) is 23.5 Å². The monoisotopic (exact) mass is 457 g/mol. The molecule has 1 saturated heterocycles. The SMILES string of the molecule is Oc1ccc2c(c1)OC[C@@H](c1ccccc1)[C@H]2c1ccc(OCCCCN2CCCCC2)cc1. The first-order valence-electron chi connectivity index (χ1n) is 12.7. The van der Waals surface area contributed by atoms with Crippen molar-refractivity contribution in [1.82, 2.24) is 4.90 Å². The molecule has 2 atom stereocenters. The van der Waals surface area contributed by atoms with Gasteiger partial charge in [-0.3, -0.25) is 0 Å². The first-order valence-corrected chi connectivity index (χ1v) is 12.7. The Bertz CT molecular complexity index is 1040. The van der Waals surface area contributed by atoms with E-state index in [1.54, 1.807) is 12.1 Å². The van der Waals surface area contributed by atoms with Crippen molar-refractivity contribution in [2.45, 2.75) is 43.9 Å². The highest BCUT2D eigenvalue weighted by molar-refractivity contribution is 5.50. The number of rotatable bonds is 8. The van der Waals surface area contributed by atoms with Crippen LogP contribution in [0.25, 0.3) is 0 Å². The molecule has 2 aliphatic heterocycles. The molecule has 3 aromatic carbocycles.